The normalized spacial score (nSPS) is 25.2. The molecule has 3 unspecified atom stereocenters. The molecule has 0 bridgehead atoms. The minimum Gasteiger partial charge on any atom is -0.508 e. The van der Waals surface area contributed by atoms with Crippen molar-refractivity contribution in [2.75, 3.05) is 6.54 Å². The Kier molecular flexibility index (Phi) is 4.77. The number of phenolic OH excluding ortho intramolecular Hbond substituents is 1. The molecule has 0 spiro atoms. The molecule has 0 radical (unpaired) electrons. The molecule has 0 saturated heterocycles. The van der Waals surface area contributed by atoms with Crippen LogP contribution >= 0.6 is 0 Å². The number of aliphatic hydroxyl groups excluding tert-OH is 1. The third-order valence-electron chi connectivity index (χ3n) is 3.92. The van der Waals surface area contributed by atoms with Gasteiger partial charge in [0.1, 0.15) is 11.6 Å². The second kappa shape index (κ2) is 6.35. The minimum atomic E-state index is -0.338. The minimum absolute atomic E-state index is 0.102. The summed E-state index contributed by atoms with van der Waals surface area (Å²) >= 11 is 0. The summed E-state index contributed by atoms with van der Waals surface area (Å²) in [5, 5.41) is 22.7. The molecule has 1 aliphatic rings. The van der Waals surface area contributed by atoms with E-state index in [0.29, 0.717) is 11.5 Å². The molecular formula is C15H22FNO2. The van der Waals surface area contributed by atoms with Gasteiger partial charge in [-0.1, -0.05) is 6.42 Å². The van der Waals surface area contributed by atoms with E-state index in [1.54, 1.807) is 0 Å². The molecule has 0 aliphatic heterocycles. The lowest BCUT2D eigenvalue weighted by atomic mass is 9.87. The summed E-state index contributed by atoms with van der Waals surface area (Å²) in [4.78, 5) is 0. The van der Waals surface area contributed by atoms with Crippen molar-refractivity contribution in [1.82, 2.24) is 5.32 Å². The molecule has 2 rings (SSSR count). The Labute approximate surface area is 113 Å². The van der Waals surface area contributed by atoms with E-state index in [1.165, 1.54) is 18.2 Å². The van der Waals surface area contributed by atoms with Crippen LogP contribution in [0.4, 0.5) is 4.39 Å². The van der Waals surface area contributed by atoms with Gasteiger partial charge in [0.05, 0.1) is 6.10 Å². The average molecular weight is 267 g/mol. The first-order valence-electron chi connectivity index (χ1n) is 6.96. The monoisotopic (exact) mass is 267 g/mol. The molecule has 0 heterocycles. The van der Waals surface area contributed by atoms with Crippen molar-refractivity contribution >= 4 is 0 Å². The Morgan fingerprint density at radius 3 is 2.95 bits per heavy atom. The highest BCUT2D eigenvalue weighted by Crippen LogP contribution is 2.27. The Balaban J connectivity index is 1.90. The Morgan fingerprint density at radius 1 is 1.42 bits per heavy atom. The number of aliphatic hydroxyl groups is 1. The van der Waals surface area contributed by atoms with E-state index in [1.807, 2.05) is 6.92 Å². The number of halogens is 1. The van der Waals surface area contributed by atoms with Gasteiger partial charge >= 0.3 is 0 Å². The fraction of sp³-hybridized carbons (Fsp3) is 0.600. The number of benzene rings is 1. The third kappa shape index (κ3) is 3.91. The van der Waals surface area contributed by atoms with Crippen LogP contribution in [0.1, 0.15) is 44.2 Å². The summed E-state index contributed by atoms with van der Waals surface area (Å²) in [6.07, 6.45) is 3.73. The summed E-state index contributed by atoms with van der Waals surface area (Å²) in [6, 6.07) is 3.90. The SMILES string of the molecule is CC(NCC1CCCC(O)C1)c1cc(F)ccc1O. The predicted molar refractivity (Wildman–Crippen MR) is 72.4 cm³/mol. The number of aromatic hydroxyl groups is 1. The average Bonchev–Trinajstić information content (AvgIpc) is 2.39. The van der Waals surface area contributed by atoms with E-state index >= 15 is 0 Å². The van der Waals surface area contributed by atoms with Gasteiger partial charge in [-0.15, -0.1) is 0 Å². The number of phenols is 1. The molecule has 19 heavy (non-hydrogen) atoms. The van der Waals surface area contributed by atoms with Crippen molar-refractivity contribution in [2.45, 2.75) is 44.8 Å². The van der Waals surface area contributed by atoms with Gasteiger partial charge in [0, 0.05) is 11.6 Å². The van der Waals surface area contributed by atoms with Crippen LogP contribution in [0.3, 0.4) is 0 Å². The van der Waals surface area contributed by atoms with Crippen LogP contribution < -0.4 is 5.32 Å². The zero-order valence-corrected chi connectivity index (χ0v) is 11.3. The summed E-state index contributed by atoms with van der Waals surface area (Å²) in [5.41, 5.74) is 0.580. The van der Waals surface area contributed by atoms with Crippen LogP contribution in [-0.2, 0) is 0 Å². The number of hydrogen-bond donors (Lipinski definition) is 3. The number of rotatable bonds is 4. The fourth-order valence-electron chi connectivity index (χ4n) is 2.77. The van der Waals surface area contributed by atoms with Crippen LogP contribution in [-0.4, -0.2) is 22.9 Å². The Bertz CT molecular complexity index is 425. The van der Waals surface area contributed by atoms with E-state index in [4.69, 9.17) is 0 Å². The van der Waals surface area contributed by atoms with Crippen molar-refractivity contribution < 1.29 is 14.6 Å². The molecular weight excluding hydrogens is 245 g/mol. The molecule has 0 amide bonds. The number of nitrogens with one attached hydrogen (secondary N) is 1. The molecule has 1 aromatic carbocycles. The van der Waals surface area contributed by atoms with Gasteiger partial charge in [0.15, 0.2) is 0 Å². The highest BCUT2D eigenvalue weighted by Gasteiger charge is 2.21. The van der Waals surface area contributed by atoms with Crippen molar-refractivity contribution in [1.29, 1.82) is 0 Å². The lowest BCUT2D eigenvalue weighted by Gasteiger charge is -2.27. The molecule has 0 aromatic heterocycles. The maximum absolute atomic E-state index is 13.2. The van der Waals surface area contributed by atoms with Gasteiger partial charge in [-0.2, -0.15) is 0 Å². The molecule has 3 atom stereocenters. The van der Waals surface area contributed by atoms with E-state index < -0.39 is 0 Å². The maximum atomic E-state index is 13.2. The quantitative estimate of drug-likeness (QED) is 0.786. The molecule has 106 valence electrons. The van der Waals surface area contributed by atoms with Crippen molar-refractivity contribution in [3.63, 3.8) is 0 Å². The van der Waals surface area contributed by atoms with Crippen molar-refractivity contribution in [3.05, 3.63) is 29.6 Å². The van der Waals surface area contributed by atoms with E-state index in [9.17, 15) is 14.6 Å². The lowest BCUT2D eigenvalue weighted by molar-refractivity contribution is 0.0997. The van der Waals surface area contributed by atoms with E-state index in [2.05, 4.69) is 5.32 Å². The molecule has 1 aliphatic carbocycles. The summed E-state index contributed by atoms with van der Waals surface area (Å²) in [6.45, 7) is 2.70. The van der Waals surface area contributed by atoms with Gasteiger partial charge in [-0.05, 0) is 56.8 Å². The van der Waals surface area contributed by atoms with Crippen LogP contribution in [0, 0.1) is 11.7 Å². The van der Waals surface area contributed by atoms with Gasteiger partial charge in [0.25, 0.3) is 0 Å². The molecule has 3 N–H and O–H groups in total. The van der Waals surface area contributed by atoms with Crippen LogP contribution in [0.25, 0.3) is 0 Å². The predicted octanol–water partition coefficient (Wildman–Crippen LogP) is 2.73. The van der Waals surface area contributed by atoms with E-state index in [-0.39, 0.29) is 23.7 Å². The topological polar surface area (TPSA) is 52.5 Å². The van der Waals surface area contributed by atoms with Gasteiger partial charge in [0.2, 0.25) is 0 Å². The molecule has 1 aromatic rings. The van der Waals surface area contributed by atoms with Crippen molar-refractivity contribution in [3.8, 4) is 5.75 Å². The van der Waals surface area contributed by atoms with Crippen molar-refractivity contribution in [2.24, 2.45) is 5.92 Å². The summed E-state index contributed by atoms with van der Waals surface area (Å²) in [5.74, 6) is 0.238. The van der Waals surface area contributed by atoms with Gasteiger partial charge in [-0.3, -0.25) is 0 Å². The maximum Gasteiger partial charge on any atom is 0.123 e. The lowest BCUT2D eigenvalue weighted by Crippen LogP contribution is -2.30. The second-order valence-corrected chi connectivity index (χ2v) is 5.52. The summed E-state index contributed by atoms with van der Waals surface area (Å²) < 4.78 is 13.2. The van der Waals surface area contributed by atoms with E-state index in [0.717, 1.165) is 32.2 Å². The molecule has 3 nitrogen and oxygen atoms in total. The highest BCUT2D eigenvalue weighted by atomic mass is 19.1. The fourth-order valence-corrected chi connectivity index (χ4v) is 2.77. The third-order valence-corrected chi connectivity index (χ3v) is 3.92. The van der Waals surface area contributed by atoms with Crippen LogP contribution in [0.2, 0.25) is 0 Å². The summed E-state index contributed by atoms with van der Waals surface area (Å²) in [7, 11) is 0. The smallest absolute Gasteiger partial charge is 0.123 e. The highest BCUT2D eigenvalue weighted by molar-refractivity contribution is 5.34. The molecule has 1 saturated carbocycles. The van der Waals surface area contributed by atoms with Gasteiger partial charge in [-0.25, -0.2) is 4.39 Å². The zero-order chi connectivity index (χ0) is 13.8. The largest absolute Gasteiger partial charge is 0.508 e. The molecule has 1 fully saturated rings. The second-order valence-electron chi connectivity index (χ2n) is 5.52. The first kappa shape index (κ1) is 14.3. The first-order chi connectivity index (χ1) is 9.06. The first-order valence-corrected chi connectivity index (χ1v) is 6.96. The molecule has 4 heteroatoms. The van der Waals surface area contributed by atoms with Crippen LogP contribution in [0.5, 0.6) is 5.75 Å². The Morgan fingerprint density at radius 2 is 2.21 bits per heavy atom. The van der Waals surface area contributed by atoms with Crippen LogP contribution in [0.15, 0.2) is 18.2 Å². The Hall–Kier alpha value is -1.13. The van der Waals surface area contributed by atoms with Gasteiger partial charge < -0.3 is 15.5 Å². The zero-order valence-electron chi connectivity index (χ0n) is 11.3. The standard InChI is InChI=1S/C15H22FNO2/c1-10(14-8-12(16)5-6-15(14)19)17-9-11-3-2-4-13(18)7-11/h5-6,8,10-11,13,17-19H,2-4,7,9H2,1H3. The number of hydrogen-bond acceptors (Lipinski definition) is 3.